The lowest BCUT2D eigenvalue weighted by Gasteiger charge is -2.16. The van der Waals surface area contributed by atoms with Crippen LogP contribution in [0.15, 0.2) is 18.3 Å². The lowest BCUT2D eigenvalue weighted by Crippen LogP contribution is -2.25. The summed E-state index contributed by atoms with van der Waals surface area (Å²) in [4.78, 5) is 14.4. The molecule has 88 valence electrons. The molecule has 0 aliphatic rings. The van der Waals surface area contributed by atoms with E-state index in [0.29, 0.717) is 11.4 Å². The first kappa shape index (κ1) is 12.4. The Kier molecular flexibility index (Phi) is 4.21. The number of aromatic nitrogens is 1. The van der Waals surface area contributed by atoms with Crippen molar-refractivity contribution < 1.29 is 19.7 Å². The molecule has 1 aromatic rings. The minimum atomic E-state index is -1.23. The molecule has 0 aromatic carbocycles. The molecule has 6 heteroatoms. The molecule has 1 aromatic heterocycles. The second kappa shape index (κ2) is 5.43. The number of methoxy groups -OCH3 is 1. The van der Waals surface area contributed by atoms with Crippen molar-refractivity contribution in [2.75, 3.05) is 7.11 Å². The Labute approximate surface area is 92.7 Å². The van der Waals surface area contributed by atoms with E-state index in [-0.39, 0.29) is 6.42 Å². The van der Waals surface area contributed by atoms with Crippen molar-refractivity contribution in [3.05, 3.63) is 23.9 Å². The van der Waals surface area contributed by atoms with Crippen molar-refractivity contribution in [1.82, 2.24) is 4.98 Å². The summed E-state index contributed by atoms with van der Waals surface area (Å²) in [5, 5.41) is 19.2. The Morgan fingerprint density at radius 2 is 2.31 bits per heavy atom. The summed E-state index contributed by atoms with van der Waals surface area (Å²) in [5.41, 5.74) is 5.34. The maximum absolute atomic E-state index is 10.6. The molecule has 2 atom stereocenters. The molecule has 6 nitrogen and oxygen atoms in total. The van der Waals surface area contributed by atoms with Crippen molar-refractivity contribution in [1.29, 1.82) is 0 Å². The second-order valence-corrected chi connectivity index (χ2v) is 3.31. The quantitative estimate of drug-likeness (QED) is 0.619. The Morgan fingerprint density at radius 3 is 2.88 bits per heavy atom. The standard InChI is InChI=1S/C10H14N2O4/c1-16-9-4-6(2-3-12-9)10(15)7(13)5-8(11)14/h2-4,7,10,13,15H,5H2,1H3,(H2,11,14). The van der Waals surface area contributed by atoms with Gasteiger partial charge in [0.15, 0.2) is 0 Å². The molecule has 4 N–H and O–H groups in total. The number of aliphatic hydroxyl groups excluding tert-OH is 2. The summed E-state index contributed by atoms with van der Waals surface area (Å²) in [6.45, 7) is 0. The smallest absolute Gasteiger partial charge is 0.220 e. The topological polar surface area (TPSA) is 106 Å². The highest BCUT2D eigenvalue weighted by molar-refractivity contribution is 5.74. The molecule has 16 heavy (non-hydrogen) atoms. The number of ether oxygens (including phenoxy) is 1. The lowest BCUT2D eigenvalue weighted by molar-refractivity contribution is -0.121. The molecule has 1 rings (SSSR count). The monoisotopic (exact) mass is 226 g/mol. The number of pyridine rings is 1. The summed E-state index contributed by atoms with van der Waals surface area (Å²) in [5.74, 6) is -0.351. The third-order valence-electron chi connectivity index (χ3n) is 2.08. The largest absolute Gasteiger partial charge is 0.481 e. The van der Waals surface area contributed by atoms with Crippen LogP contribution >= 0.6 is 0 Å². The van der Waals surface area contributed by atoms with Gasteiger partial charge in [0.2, 0.25) is 11.8 Å². The minimum absolute atomic E-state index is 0.300. The Bertz CT molecular complexity index is 370. The van der Waals surface area contributed by atoms with Crippen LogP contribution in [0, 0.1) is 0 Å². The zero-order chi connectivity index (χ0) is 12.1. The number of nitrogens with two attached hydrogens (primary N) is 1. The van der Waals surface area contributed by atoms with E-state index in [4.69, 9.17) is 10.5 Å². The van der Waals surface area contributed by atoms with Gasteiger partial charge in [0.1, 0.15) is 6.10 Å². The number of carbonyl (C=O) groups excluding carboxylic acids is 1. The van der Waals surface area contributed by atoms with Gasteiger partial charge in [0, 0.05) is 12.3 Å². The molecule has 0 saturated carbocycles. The van der Waals surface area contributed by atoms with E-state index in [1.54, 1.807) is 0 Å². The number of aliphatic hydroxyl groups is 2. The van der Waals surface area contributed by atoms with Crippen LogP contribution in [0.2, 0.25) is 0 Å². The summed E-state index contributed by atoms with van der Waals surface area (Å²) in [7, 11) is 1.44. The summed E-state index contributed by atoms with van der Waals surface area (Å²) in [6.07, 6.45) is -1.28. The molecule has 0 aliphatic carbocycles. The zero-order valence-corrected chi connectivity index (χ0v) is 8.83. The van der Waals surface area contributed by atoms with Crippen LogP contribution in [-0.4, -0.2) is 34.3 Å². The van der Waals surface area contributed by atoms with E-state index in [2.05, 4.69) is 4.98 Å². The molecule has 1 heterocycles. The SMILES string of the molecule is COc1cc(C(O)C(O)CC(N)=O)ccn1. The first-order chi connectivity index (χ1) is 7.54. The molecule has 0 aliphatic heterocycles. The summed E-state index contributed by atoms with van der Waals surface area (Å²) < 4.78 is 4.87. The van der Waals surface area contributed by atoms with E-state index in [9.17, 15) is 15.0 Å². The second-order valence-electron chi connectivity index (χ2n) is 3.31. The van der Waals surface area contributed by atoms with Crippen molar-refractivity contribution >= 4 is 5.91 Å². The average molecular weight is 226 g/mol. The van der Waals surface area contributed by atoms with Gasteiger partial charge >= 0.3 is 0 Å². The third-order valence-corrected chi connectivity index (χ3v) is 2.08. The number of carbonyl (C=O) groups is 1. The van der Waals surface area contributed by atoms with E-state index in [1.165, 1.54) is 25.4 Å². The van der Waals surface area contributed by atoms with Crippen LogP contribution in [0.5, 0.6) is 5.88 Å². The number of nitrogens with zero attached hydrogens (tertiary/aromatic N) is 1. The molecule has 0 fully saturated rings. The average Bonchev–Trinajstić information content (AvgIpc) is 2.27. The lowest BCUT2D eigenvalue weighted by atomic mass is 10.0. The maximum atomic E-state index is 10.6. The fourth-order valence-electron chi connectivity index (χ4n) is 1.26. The Morgan fingerprint density at radius 1 is 1.62 bits per heavy atom. The predicted octanol–water partition coefficient (Wildman–Crippen LogP) is -0.640. The van der Waals surface area contributed by atoms with Crippen LogP contribution in [-0.2, 0) is 4.79 Å². The van der Waals surface area contributed by atoms with Gasteiger partial charge in [-0.25, -0.2) is 4.98 Å². The predicted molar refractivity (Wildman–Crippen MR) is 55.6 cm³/mol. The highest BCUT2D eigenvalue weighted by Crippen LogP contribution is 2.21. The van der Waals surface area contributed by atoms with Crippen molar-refractivity contribution in [2.45, 2.75) is 18.6 Å². The summed E-state index contributed by atoms with van der Waals surface area (Å²) in [6, 6.07) is 3.01. The maximum Gasteiger partial charge on any atom is 0.220 e. The van der Waals surface area contributed by atoms with Gasteiger partial charge in [-0.1, -0.05) is 0 Å². The van der Waals surface area contributed by atoms with Gasteiger partial charge in [0.05, 0.1) is 19.6 Å². The van der Waals surface area contributed by atoms with E-state index < -0.39 is 18.1 Å². The first-order valence-corrected chi connectivity index (χ1v) is 4.69. The van der Waals surface area contributed by atoms with Crippen molar-refractivity contribution in [2.24, 2.45) is 5.73 Å². The van der Waals surface area contributed by atoms with Gasteiger partial charge in [-0.05, 0) is 11.6 Å². The molecular formula is C10H14N2O4. The summed E-state index contributed by atoms with van der Waals surface area (Å²) >= 11 is 0. The number of hydrogen-bond donors (Lipinski definition) is 3. The molecule has 0 radical (unpaired) electrons. The van der Waals surface area contributed by atoms with Gasteiger partial charge in [-0.3, -0.25) is 4.79 Å². The number of hydrogen-bond acceptors (Lipinski definition) is 5. The van der Waals surface area contributed by atoms with Gasteiger partial charge in [-0.15, -0.1) is 0 Å². The van der Waals surface area contributed by atoms with E-state index >= 15 is 0 Å². The number of rotatable bonds is 5. The molecule has 0 saturated heterocycles. The van der Waals surface area contributed by atoms with Gasteiger partial charge in [0.25, 0.3) is 0 Å². The Hall–Kier alpha value is -1.66. The van der Waals surface area contributed by atoms with Crippen molar-refractivity contribution in [3.8, 4) is 5.88 Å². The molecule has 1 amide bonds. The van der Waals surface area contributed by atoms with Crippen molar-refractivity contribution in [3.63, 3.8) is 0 Å². The fourth-order valence-corrected chi connectivity index (χ4v) is 1.26. The van der Waals surface area contributed by atoms with Gasteiger partial charge < -0.3 is 20.7 Å². The van der Waals surface area contributed by atoms with Crippen LogP contribution < -0.4 is 10.5 Å². The number of primary amides is 1. The van der Waals surface area contributed by atoms with E-state index in [1.807, 2.05) is 0 Å². The normalized spacial score (nSPS) is 14.2. The first-order valence-electron chi connectivity index (χ1n) is 4.69. The molecule has 0 spiro atoms. The molecular weight excluding hydrogens is 212 g/mol. The molecule has 0 bridgehead atoms. The highest BCUT2D eigenvalue weighted by atomic mass is 16.5. The fraction of sp³-hybridized carbons (Fsp3) is 0.400. The van der Waals surface area contributed by atoms with Crippen LogP contribution in [0.4, 0.5) is 0 Å². The highest BCUT2D eigenvalue weighted by Gasteiger charge is 2.20. The Balaban J connectivity index is 2.78. The van der Waals surface area contributed by atoms with Crippen LogP contribution in [0.25, 0.3) is 0 Å². The van der Waals surface area contributed by atoms with Gasteiger partial charge in [-0.2, -0.15) is 0 Å². The molecule has 2 unspecified atom stereocenters. The van der Waals surface area contributed by atoms with Crippen LogP contribution in [0.3, 0.4) is 0 Å². The third kappa shape index (κ3) is 3.18. The van der Waals surface area contributed by atoms with Crippen LogP contribution in [0.1, 0.15) is 18.1 Å². The number of amides is 1. The zero-order valence-electron chi connectivity index (χ0n) is 8.83. The van der Waals surface area contributed by atoms with E-state index in [0.717, 1.165) is 0 Å². The minimum Gasteiger partial charge on any atom is -0.481 e.